The number of Topliss-reactive ketones (excluding diaryl/α,β-unsaturated/α-hetero) is 1. The van der Waals surface area contributed by atoms with Crippen LogP contribution < -0.4 is 0 Å². The van der Waals surface area contributed by atoms with Crippen molar-refractivity contribution in [3.8, 4) is 0 Å². The van der Waals surface area contributed by atoms with E-state index in [9.17, 15) is 74.4 Å². The number of hydrogen-bond acceptors (Lipinski definition) is 28. The number of halogens is 1. The summed E-state index contributed by atoms with van der Waals surface area (Å²) in [6.07, 6.45) is 6.26. The third kappa shape index (κ3) is 69.4. The van der Waals surface area contributed by atoms with Crippen LogP contribution in [0.2, 0.25) is 0 Å². The van der Waals surface area contributed by atoms with Crippen LogP contribution in [0.4, 0.5) is 0 Å². The van der Waals surface area contributed by atoms with E-state index in [1.807, 2.05) is 197 Å². The molecule has 0 fully saturated rings. The third-order valence-electron chi connectivity index (χ3n) is 19.8. The van der Waals surface area contributed by atoms with Crippen molar-refractivity contribution in [2.45, 2.75) is 359 Å². The molecule has 0 aromatic heterocycles. The van der Waals surface area contributed by atoms with Crippen molar-refractivity contribution in [1.29, 1.82) is 0 Å². The predicted octanol–water partition coefficient (Wildman–Crippen LogP) is 18.2. The number of benzene rings is 1. The fourth-order valence-corrected chi connectivity index (χ4v) is 7.14. The van der Waals surface area contributed by atoms with E-state index in [0.717, 1.165) is 37.7 Å². The average molecular weight is 1890 g/mol. The first-order valence-electron chi connectivity index (χ1n) is 42.0. The summed E-state index contributed by atoms with van der Waals surface area (Å²) in [5, 5.41) is 25.2. The van der Waals surface area contributed by atoms with Gasteiger partial charge in [-0.05, 0) is 250 Å². The molecule has 0 saturated carbocycles. The lowest BCUT2D eigenvalue weighted by Crippen LogP contribution is -2.33. The number of aliphatic hydroxyl groups excluding tert-OH is 1. The van der Waals surface area contributed by atoms with Crippen LogP contribution in [0.5, 0.6) is 0 Å². The summed E-state index contributed by atoms with van der Waals surface area (Å²) in [5.74, 6) is -4.67. The molecule has 0 aliphatic rings. The number of ether oxygens (including phenoxy) is 10. The number of ketones is 1. The summed E-state index contributed by atoms with van der Waals surface area (Å²) in [5.41, 5.74) is -2.83. The van der Waals surface area contributed by atoms with Crippen LogP contribution in [-0.2, 0) is 136 Å². The Bertz CT molecular complexity index is 3460. The Morgan fingerprint density at radius 2 is 0.669 bits per heavy atom. The number of methoxy groups -OCH3 is 1. The van der Waals surface area contributed by atoms with Gasteiger partial charge in [0, 0.05) is 0 Å². The molecule has 0 amide bonds. The number of alkyl halides is 1. The molecule has 34 heteroatoms. The number of aliphatic hydroxyl groups is 1. The monoisotopic (exact) mass is 1890 g/mol. The van der Waals surface area contributed by atoms with E-state index in [2.05, 4.69) is 24.8 Å². The number of carbonyl (C=O) groups is 12. The Kier molecular flexibility index (Phi) is 70.8. The molecule has 0 spiro atoms. The molecule has 0 atom stereocenters. The Morgan fingerprint density at radius 3 is 0.903 bits per heavy atom. The molecule has 0 aliphatic heterocycles. The van der Waals surface area contributed by atoms with Crippen LogP contribution >= 0.6 is 15.9 Å². The van der Waals surface area contributed by atoms with Crippen molar-refractivity contribution >= 4 is 108 Å². The van der Waals surface area contributed by atoms with Crippen LogP contribution in [0.15, 0.2) is 30.3 Å². The highest BCUT2D eigenvalue weighted by Gasteiger charge is 2.36. The first-order chi connectivity index (χ1) is 55.8. The minimum absolute atomic E-state index is 0.0128. The molecule has 1 rings (SSSR count). The minimum Gasteiger partial charge on any atom is -0.481 e. The van der Waals surface area contributed by atoms with Gasteiger partial charge < -0.3 is 62.7 Å². The van der Waals surface area contributed by atoms with Gasteiger partial charge in [0.25, 0.3) is 20.2 Å². The SMILES string of the molecule is CCC(C)(C)C(=O)O.CCC(C)(C)C(=O)OC.CCC(C)(C)C(=O)OC(C)(C)C.CCC(C)(C)C(=O)OCCO.CCC(C)(C)C(=O)OCCOC(=O)CC(C)=O.CCC(C)(C)C(=O)OCCOC(=O)CCC(=O)O.CCC(C)(C)C(=O)OCCOC(C)(C)Br.CCC(C)(C)C(=O)OCc1ccccc1.CCC(C)(C)S(=O)(=O)O.CCC(C)(C)S(=O)(=O)OC. The molecular weight excluding hydrogens is 1720 g/mol. The molecule has 0 radical (unpaired) electrons. The number of hydrogen-bond donors (Lipinski definition) is 4. The largest absolute Gasteiger partial charge is 0.481 e. The molecular formula is C90H167BrO31S2. The van der Waals surface area contributed by atoms with E-state index in [1.54, 1.807) is 62.3 Å². The molecule has 0 aliphatic carbocycles. The van der Waals surface area contributed by atoms with Gasteiger partial charge in [0.05, 0.1) is 93.1 Å². The van der Waals surface area contributed by atoms with Crippen LogP contribution in [0, 0.1) is 43.3 Å². The van der Waals surface area contributed by atoms with E-state index in [-0.39, 0.29) is 133 Å². The summed E-state index contributed by atoms with van der Waals surface area (Å²) < 4.78 is 103. The van der Waals surface area contributed by atoms with Gasteiger partial charge >= 0.3 is 65.7 Å². The first kappa shape index (κ1) is 135. The van der Waals surface area contributed by atoms with Gasteiger partial charge in [-0.2, -0.15) is 16.8 Å². The van der Waals surface area contributed by atoms with Gasteiger partial charge in [0.2, 0.25) is 0 Å². The van der Waals surface area contributed by atoms with Crippen LogP contribution in [-0.4, -0.2) is 195 Å². The Morgan fingerprint density at radius 1 is 0.371 bits per heavy atom. The second-order valence-corrected chi connectivity index (χ2v) is 42.6. The van der Waals surface area contributed by atoms with Crippen LogP contribution in [0.25, 0.3) is 0 Å². The van der Waals surface area contributed by atoms with Crippen molar-refractivity contribution in [2.75, 3.05) is 67.1 Å². The van der Waals surface area contributed by atoms with E-state index in [1.165, 1.54) is 35.0 Å². The number of carboxylic acids is 2. The highest BCUT2D eigenvalue weighted by Crippen LogP contribution is 2.29. The lowest BCUT2D eigenvalue weighted by atomic mass is 9.90. The smallest absolute Gasteiger partial charge is 0.313 e. The van der Waals surface area contributed by atoms with E-state index in [0.29, 0.717) is 51.9 Å². The Balaban J connectivity index is -0.000000171. The van der Waals surface area contributed by atoms with Crippen molar-refractivity contribution < 1.29 is 146 Å². The molecule has 1 aromatic rings. The third-order valence-corrected chi connectivity index (χ3v) is 23.8. The predicted molar refractivity (Wildman–Crippen MR) is 484 cm³/mol. The Hall–Kier alpha value is -6.72. The fraction of sp³-hybridized carbons (Fsp3) is 0.800. The van der Waals surface area contributed by atoms with E-state index >= 15 is 0 Å². The highest BCUT2D eigenvalue weighted by atomic mass is 79.9. The maximum atomic E-state index is 11.6. The number of carbonyl (C=O) groups excluding carboxylic acids is 10. The van der Waals surface area contributed by atoms with E-state index < -0.39 is 80.7 Å². The second kappa shape index (κ2) is 64.9. The maximum absolute atomic E-state index is 11.6. The minimum atomic E-state index is -3.85. The number of rotatable bonds is 40. The first-order valence-corrected chi connectivity index (χ1v) is 45.6. The summed E-state index contributed by atoms with van der Waals surface area (Å²) in [6.45, 7) is 66.4. The van der Waals surface area contributed by atoms with Gasteiger partial charge in [0.1, 0.15) is 68.6 Å². The van der Waals surface area contributed by atoms with Crippen molar-refractivity contribution in [3.63, 3.8) is 0 Å². The molecule has 732 valence electrons. The van der Waals surface area contributed by atoms with Crippen LogP contribution in [0.3, 0.4) is 0 Å². The molecule has 4 N–H and O–H groups in total. The maximum Gasteiger partial charge on any atom is 0.313 e. The van der Waals surface area contributed by atoms with Gasteiger partial charge in [-0.25, -0.2) is 0 Å². The van der Waals surface area contributed by atoms with Crippen molar-refractivity contribution in [2.24, 2.45) is 43.3 Å². The highest BCUT2D eigenvalue weighted by molar-refractivity contribution is 9.10. The molecule has 0 saturated heterocycles. The van der Waals surface area contributed by atoms with Crippen molar-refractivity contribution in [1.82, 2.24) is 0 Å². The molecule has 1 aromatic carbocycles. The quantitative estimate of drug-likeness (QED) is 0.00901. The normalized spacial score (nSPS) is 11.8. The standard InChI is InChI=1S/C13H18O2.C12H20O6.C12H20O5.C11H21BrO3.C10H20O2.C8H16O3.C7H14O2.C6H14O3S.C6H12O2.C5H12O3S/c1-4-13(2,3)12(14)15-10-11-8-6-5-7-9-11;1-4-12(2,3)11(16)18-8-7-17-10(15)6-5-9(13)14;1-5-12(3,4)11(15)17-7-6-16-10(14)8-9(2)13;1-6-10(2,3)9(13)14-7-8-15-11(4,5)12;1-7-10(5,6)8(11)12-9(2,3)4;1-4-8(2,3)7(10)11-6-5-9;1-5-7(2,3)6(8)9-4;1-5-6(2,3)10(7,8)9-4;1-4-6(2,3)5(7)8;1-4-5(2,3)9(6,7)8/h5-9H,4,10H2,1-3H3;4-8H2,1-3H3,(H,13,14);5-8H2,1-4H3;6-8H2,1-5H3;7H2,1-6H3;9H,4-6H2,1-3H3;5H2,1-4H3;5H2,1-4H3;4H2,1-3H3,(H,7,8);4H2,1-3H3,(H,6,7,8). The zero-order chi connectivity index (χ0) is 100. The number of carboxylic acid groups (broad SMARTS) is 2. The molecule has 0 heterocycles. The lowest BCUT2D eigenvalue weighted by Gasteiger charge is -2.27. The Labute approximate surface area is 754 Å². The summed E-state index contributed by atoms with van der Waals surface area (Å²) in [4.78, 5) is 133. The molecule has 124 heavy (non-hydrogen) atoms. The summed E-state index contributed by atoms with van der Waals surface area (Å²) >= 11 is 3.34. The fourth-order valence-electron chi connectivity index (χ4n) is 5.81. The van der Waals surface area contributed by atoms with Gasteiger partial charge in [-0.15, -0.1) is 0 Å². The second-order valence-electron chi connectivity index (χ2n) is 36.3. The summed E-state index contributed by atoms with van der Waals surface area (Å²) in [6, 6.07) is 9.72. The molecule has 0 bridgehead atoms. The van der Waals surface area contributed by atoms with Crippen LogP contribution in [0.1, 0.15) is 338 Å². The summed E-state index contributed by atoms with van der Waals surface area (Å²) in [7, 11) is -4.60. The number of aliphatic carboxylic acids is 2. The zero-order valence-electron chi connectivity index (χ0n) is 82.9. The zero-order valence-corrected chi connectivity index (χ0v) is 86.2. The van der Waals surface area contributed by atoms with Gasteiger partial charge in [-0.3, -0.25) is 66.3 Å². The number of esters is 9. The average Bonchev–Trinajstić information content (AvgIpc) is 0.850. The topological polar surface area (TPSA) is 456 Å². The van der Waals surface area contributed by atoms with Gasteiger partial charge in [-0.1, -0.05) is 115 Å². The van der Waals surface area contributed by atoms with Gasteiger partial charge in [0.15, 0.2) is 0 Å². The molecule has 31 nitrogen and oxygen atoms in total. The van der Waals surface area contributed by atoms with Crippen molar-refractivity contribution in [3.05, 3.63) is 35.9 Å². The lowest BCUT2D eigenvalue weighted by molar-refractivity contribution is -0.166. The van der Waals surface area contributed by atoms with E-state index in [4.69, 9.17) is 62.5 Å². The molecule has 0 unspecified atom stereocenters.